The number of anilines is 1. The van der Waals surface area contributed by atoms with Gasteiger partial charge >= 0.3 is 0 Å². The molecule has 0 aliphatic rings. The fraction of sp³-hybridized carbons (Fsp3) is 0.0909. The molecule has 0 saturated heterocycles. The number of nitrogens with zero attached hydrogens (tertiary/aromatic N) is 2. The molecule has 1 aromatic heterocycles. The summed E-state index contributed by atoms with van der Waals surface area (Å²) < 4.78 is 5.35. The number of hydrogen-bond acceptors (Lipinski definition) is 6. The zero-order valence-electron chi connectivity index (χ0n) is 16.7. The molecule has 0 aliphatic heterocycles. The number of amides is 2. The Balaban J connectivity index is 1.67. The number of hydrogen-bond donors (Lipinski definition) is 3. The second kappa shape index (κ2) is 9.73. The first-order valence-electron chi connectivity index (χ1n) is 9.11. The predicted molar refractivity (Wildman–Crippen MR) is 118 cm³/mol. The summed E-state index contributed by atoms with van der Waals surface area (Å²) >= 11 is 5.81. The van der Waals surface area contributed by atoms with Gasteiger partial charge in [0.15, 0.2) is 0 Å². The van der Waals surface area contributed by atoms with E-state index in [1.54, 1.807) is 30.3 Å². The van der Waals surface area contributed by atoms with E-state index >= 15 is 0 Å². The highest BCUT2D eigenvalue weighted by molar-refractivity contribution is 6.32. The second-order valence-corrected chi connectivity index (χ2v) is 6.87. The van der Waals surface area contributed by atoms with Gasteiger partial charge in [0.1, 0.15) is 11.5 Å². The Hall–Kier alpha value is -3.91. The van der Waals surface area contributed by atoms with Crippen LogP contribution in [0.1, 0.15) is 32.0 Å². The number of benzene rings is 2. The molecule has 9 heteroatoms. The summed E-state index contributed by atoms with van der Waals surface area (Å²) in [4.78, 5) is 28.6. The fourth-order valence-corrected chi connectivity index (χ4v) is 2.75. The lowest BCUT2D eigenvalue weighted by atomic mass is 10.2. The molecule has 3 aromatic rings. The maximum absolute atomic E-state index is 12.3. The Kier molecular flexibility index (Phi) is 6.84. The number of methoxy groups -OCH3 is 1. The lowest BCUT2D eigenvalue weighted by Crippen LogP contribution is -2.17. The van der Waals surface area contributed by atoms with Crippen molar-refractivity contribution in [1.29, 1.82) is 0 Å². The molecule has 158 valence electrons. The number of phenolic OH excluding ortho intramolecular Hbond substituents is 1. The monoisotopic (exact) mass is 438 g/mol. The zero-order valence-corrected chi connectivity index (χ0v) is 17.5. The van der Waals surface area contributed by atoms with Crippen molar-refractivity contribution in [2.24, 2.45) is 5.10 Å². The number of phenols is 1. The number of aromatic nitrogens is 1. The SMILES string of the molecule is COc1cc(NC(=O)c2ccc(C)nc2)ccc1C=NNC(=O)c1ccc(O)c(Cl)c1. The Bertz CT molecular complexity index is 1150. The van der Waals surface area contributed by atoms with E-state index in [0.717, 1.165) is 5.69 Å². The Morgan fingerprint density at radius 1 is 1.10 bits per heavy atom. The number of carbonyl (C=O) groups is 2. The van der Waals surface area contributed by atoms with Crippen LogP contribution in [0, 0.1) is 6.92 Å². The van der Waals surface area contributed by atoms with Crippen molar-refractivity contribution in [2.45, 2.75) is 6.92 Å². The first-order chi connectivity index (χ1) is 14.9. The van der Waals surface area contributed by atoms with Crippen molar-refractivity contribution in [2.75, 3.05) is 12.4 Å². The van der Waals surface area contributed by atoms with Crippen molar-refractivity contribution in [3.8, 4) is 11.5 Å². The molecule has 3 N–H and O–H groups in total. The van der Waals surface area contributed by atoms with Crippen molar-refractivity contribution in [3.63, 3.8) is 0 Å². The van der Waals surface area contributed by atoms with Crippen LogP contribution in [0.3, 0.4) is 0 Å². The standard InChI is InChI=1S/C22H19ClN4O4/c1-13-3-4-16(11-24-13)21(29)26-17-7-5-15(20(10-17)31-2)12-25-27-22(30)14-6-8-19(28)18(23)9-14/h3-12,28H,1-2H3,(H,26,29)(H,27,30). The van der Waals surface area contributed by atoms with E-state index in [1.165, 1.54) is 37.7 Å². The van der Waals surface area contributed by atoms with Crippen LogP contribution in [0.15, 0.2) is 59.8 Å². The van der Waals surface area contributed by atoms with Gasteiger partial charge in [0.25, 0.3) is 11.8 Å². The number of ether oxygens (including phenoxy) is 1. The van der Waals surface area contributed by atoms with Gasteiger partial charge in [0, 0.05) is 34.8 Å². The Morgan fingerprint density at radius 3 is 2.55 bits per heavy atom. The summed E-state index contributed by atoms with van der Waals surface area (Å²) in [5, 5.41) is 16.2. The normalized spacial score (nSPS) is 10.7. The number of hydrazone groups is 1. The van der Waals surface area contributed by atoms with Crippen molar-refractivity contribution in [1.82, 2.24) is 10.4 Å². The summed E-state index contributed by atoms with van der Waals surface area (Å²) in [5.74, 6) is -0.453. The molecular weight excluding hydrogens is 420 g/mol. The highest BCUT2D eigenvalue weighted by Gasteiger charge is 2.10. The van der Waals surface area contributed by atoms with Crippen LogP contribution < -0.4 is 15.5 Å². The smallest absolute Gasteiger partial charge is 0.271 e. The quantitative estimate of drug-likeness (QED) is 0.400. The van der Waals surface area contributed by atoms with Gasteiger partial charge in [-0.05, 0) is 49.4 Å². The Morgan fingerprint density at radius 2 is 1.87 bits per heavy atom. The number of rotatable bonds is 6. The molecule has 2 amide bonds. The third kappa shape index (κ3) is 5.58. The molecule has 8 nitrogen and oxygen atoms in total. The van der Waals surface area contributed by atoms with Gasteiger partial charge in [0.2, 0.25) is 0 Å². The van der Waals surface area contributed by atoms with E-state index < -0.39 is 5.91 Å². The van der Waals surface area contributed by atoms with Crippen LogP contribution in [0.4, 0.5) is 5.69 Å². The molecule has 31 heavy (non-hydrogen) atoms. The van der Waals surface area contributed by atoms with Gasteiger partial charge in [-0.15, -0.1) is 0 Å². The maximum Gasteiger partial charge on any atom is 0.271 e. The third-order valence-corrected chi connectivity index (χ3v) is 4.55. The molecule has 0 saturated carbocycles. The van der Waals surface area contributed by atoms with E-state index in [4.69, 9.17) is 16.3 Å². The maximum atomic E-state index is 12.3. The largest absolute Gasteiger partial charge is 0.506 e. The summed E-state index contributed by atoms with van der Waals surface area (Å²) in [5.41, 5.74) is 5.00. The summed E-state index contributed by atoms with van der Waals surface area (Å²) in [7, 11) is 1.49. The lowest BCUT2D eigenvalue weighted by molar-refractivity contribution is 0.0954. The molecule has 0 bridgehead atoms. The van der Waals surface area contributed by atoms with E-state index in [2.05, 4.69) is 20.8 Å². The molecule has 3 rings (SSSR count). The number of halogens is 1. The minimum Gasteiger partial charge on any atom is -0.506 e. The molecular formula is C22H19ClN4O4. The van der Waals surface area contributed by atoms with E-state index in [1.807, 2.05) is 6.92 Å². The lowest BCUT2D eigenvalue weighted by Gasteiger charge is -2.09. The van der Waals surface area contributed by atoms with Gasteiger partial charge in [-0.1, -0.05) is 11.6 Å². The van der Waals surface area contributed by atoms with Crippen LogP contribution in [-0.4, -0.2) is 35.2 Å². The van der Waals surface area contributed by atoms with Crippen LogP contribution in [0.25, 0.3) is 0 Å². The average molecular weight is 439 g/mol. The molecule has 0 unspecified atom stereocenters. The van der Waals surface area contributed by atoms with Gasteiger partial charge in [0.05, 0.1) is 23.9 Å². The fourth-order valence-electron chi connectivity index (χ4n) is 2.57. The van der Waals surface area contributed by atoms with Crippen LogP contribution in [0.5, 0.6) is 11.5 Å². The molecule has 1 heterocycles. The van der Waals surface area contributed by atoms with E-state index in [-0.39, 0.29) is 22.2 Å². The van der Waals surface area contributed by atoms with Crippen LogP contribution in [-0.2, 0) is 0 Å². The average Bonchev–Trinajstić information content (AvgIpc) is 2.76. The molecule has 0 fully saturated rings. The minimum atomic E-state index is -0.493. The van der Waals surface area contributed by atoms with Crippen molar-refractivity contribution in [3.05, 3.63) is 82.1 Å². The van der Waals surface area contributed by atoms with Gasteiger partial charge in [-0.3, -0.25) is 14.6 Å². The number of pyridine rings is 1. The molecule has 0 aliphatic carbocycles. The highest BCUT2D eigenvalue weighted by atomic mass is 35.5. The Labute approximate surface area is 183 Å². The number of aromatic hydroxyl groups is 1. The summed E-state index contributed by atoms with van der Waals surface area (Å²) in [6, 6.07) is 12.6. The molecule has 0 radical (unpaired) electrons. The zero-order chi connectivity index (χ0) is 22.4. The second-order valence-electron chi connectivity index (χ2n) is 6.46. The first kappa shape index (κ1) is 21.8. The van der Waals surface area contributed by atoms with Gasteiger partial charge in [-0.25, -0.2) is 5.43 Å². The summed E-state index contributed by atoms with van der Waals surface area (Å²) in [6.07, 6.45) is 2.92. The topological polar surface area (TPSA) is 113 Å². The van der Waals surface area contributed by atoms with Gasteiger partial charge in [-0.2, -0.15) is 5.10 Å². The predicted octanol–water partition coefficient (Wildman–Crippen LogP) is 3.77. The molecule has 0 spiro atoms. The summed E-state index contributed by atoms with van der Waals surface area (Å²) in [6.45, 7) is 1.84. The van der Waals surface area contributed by atoms with Gasteiger partial charge < -0.3 is 15.2 Å². The molecule has 0 atom stereocenters. The first-order valence-corrected chi connectivity index (χ1v) is 9.49. The number of nitrogens with one attached hydrogen (secondary N) is 2. The third-order valence-electron chi connectivity index (χ3n) is 4.24. The van der Waals surface area contributed by atoms with Crippen LogP contribution in [0.2, 0.25) is 5.02 Å². The van der Waals surface area contributed by atoms with E-state index in [9.17, 15) is 14.7 Å². The minimum absolute atomic E-state index is 0.0670. The highest BCUT2D eigenvalue weighted by Crippen LogP contribution is 2.24. The number of carbonyl (C=O) groups excluding carboxylic acids is 2. The van der Waals surface area contributed by atoms with Crippen molar-refractivity contribution < 1.29 is 19.4 Å². The van der Waals surface area contributed by atoms with E-state index in [0.29, 0.717) is 22.6 Å². The van der Waals surface area contributed by atoms with Crippen molar-refractivity contribution >= 4 is 35.3 Å². The number of aryl methyl sites for hydroxylation is 1. The molecule has 2 aromatic carbocycles. The van der Waals surface area contributed by atoms with Crippen LogP contribution >= 0.6 is 11.6 Å².